The van der Waals surface area contributed by atoms with Gasteiger partial charge in [-0.2, -0.15) is 0 Å². The molecule has 0 aliphatic carbocycles. The van der Waals surface area contributed by atoms with E-state index in [0.29, 0.717) is 0 Å². The summed E-state index contributed by atoms with van der Waals surface area (Å²) in [5, 5.41) is 0. The van der Waals surface area contributed by atoms with Crippen LogP contribution < -0.4 is 0 Å². The Kier molecular flexibility index (Phi) is 4.52. The summed E-state index contributed by atoms with van der Waals surface area (Å²) in [6.45, 7) is 5.82. The number of rotatable bonds is 4. The van der Waals surface area contributed by atoms with Crippen molar-refractivity contribution in [1.82, 2.24) is 0 Å². The van der Waals surface area contributed by atoms with E-state index < -0.39 is 0 Å². The normalized spacial score (nSPS) is 11.2. The second-order valence-electron chi connectivity index (χ2n) is 4.45. The molecule has 0 bridgehead atoms. The van der Waals surface area contributed by atoms with E-state index in [2.05, 4.69) is 74.2 Å². The van der Waals surface area contributed by atoms with Crippen LogP contribution in [0.25, 0.3) is 18.2 Å². The largest absolute Gasteiger partial charge is 0.0991 e. The van der Waals surface area contributed by atoms with Crippen LogP contribution >= 0.6 is 0 Å². The first-order valence-corrected chi connectivity index (χ1v) is 6.42. The highest BCUT2D eigenvalue weighted by atomic mass is 14.0. The van der Waals surface area contributed by atoms with Crippen LogP contribution in [0.15, 0.2) is 67.3 Å². The molecule has 0 atom stereocenters. The Hall–Kier alpha value is -2.34. The van der Waals surface area contributed by atoms with E-state index >= 15 is 0 Å². The fraction of sp³-hybridized carbons (Fsp3) is 0.0526. The summed E-state index contributed by atoms with van der Waals surface area (Å²) < 4.78 is 0. The van der Waals surface area contributed by atoms with Crippen molar-refractivity contribution in [3.05, 3.63) is 89.5 Å². The van der Waals surface area contributed by atoms with Crippen molar-refractivity contribution in [1.29, 1.82) is 0 Å². The maximum absolute atomic E-state index is 3.69. The molecule has 2 rings (SSSR count). The Balaban J connectivity index is 2.26. The van der Waals surface area contributed by atoms with Gasteiger partial charge < -0.3 is 0 Å². The molecule has 0 nitrogen and oxygen atoms in total. The molecule has 2 aromatic carbocycles. The van der Waals surface area contributed by atoms with Crippen molar-refractivity contribution >= 4 is 18.2 Å². The molecule has 0 heterocycles. The van der Waals surface area contributed by atoms with Gasteiger partial charge in [-0.1, -0.05) is 79.4 Å². The Morgan fingerprint density at radius 3 is 2.37 bits per heavy atom. The van der Waals surface area contributed by atoms with Crippen LogP contribution in [0.2, 0.25) is 0 Å². The van der Waals surface area contributed by atoms with Crippen LogP contribution in [0, 0.1) is 6.92 Å². The van der Waals surface area contributed by atoms with E-state index in [1.807, 2.05) is 12.1 Å². The summed E-state index contributed by atoms with van der Waals surface area (Å²) in [6.07, 6.45) is 10.1. The fourth-order valence-electron chi connectivity index (χ4n) is 1.87. The lowest BCUT2D eigenvalue weighted by atomic mass is 10.0. The summed E-state index contributed by atoms with van der Waals surface area (Å²) in [7, 11) is 0. The molecule has 0 fully saturated rings. The van der Waals surface area contributed by atoms with Crippen LogP contribution in [0.1, 0.15) is 22.3 Å². The molecule has 0 unspecified atom stereocenters. The number of hydrogen-bond acceptors (Lipinski definition) is 0. The molecule has 0 amide bonds. The SMILES string of the molecule is C=CC=Cc1ccc(C)c(C=Cc2ccccc2)c1. The molecule has 94 valence electrons. The van der Waals surface area contributed by atoms with Crippen LogP contribution in [0.5, 0.6) is 0 Å². The minimum absolute atomic E-state index is 1.19. The zero-order valence-corrected chi connectivity index (χ0v) is 11.2. The van der Waals surface area contributed by atoms with Gasteiger partial charge in [-0.25, -0.2) is 0 Å². The maximum atomic E-state index is 3.69. The highest BCUT2D eigenvalue weighted by Crippen LogP contribution is 2.16. The molecule has 19 heavy (non-hydrogen) atoms. The molecule has 0 N–H and O–H groups in total. The lowest BCUT2D eigenvalue weighted by Crippen LogP contribution is -1.82. The average Bonchev–Trinajstić information content (AvgIpc) is 2.46. The van der Waals surface area contributed by atoms with Gasteiger partial charge >= 0.3 is 0 Å². The molecule has 2 aromatic rings. The molecule has 0 radical (unpaired) electrons. The van der Waals surface area contributed by atoms with E-state index in [9.17, 15) is 0 Å². The summed E-state index contributed by atoms with van der Waals surface area (Å²) in [5.41, 5.74) is 4.94. The summed E-state index contributed by atoms with van der Waals surface area (Å²) in [5.74, 6) is 0. The Morgan fingerprint density at radius 1 is 0.842 bits per heavy atom. The molecule has 0 aliphatic rings. The zero-order chi connectivity index (χ0) is 13.5. The molecule has 0 aliphatic heterocycles. The van der Waals surface area contributed by atoms with E-state index in [1.165, 1.54) is 22.3 Å². The third kappa shape index (κ3) is 3.82. The van der Waals surface area contributed by atoms with Gasteiger partial charge in [0, 0.05) is 0 Å². The van der Waals surface area contributed by atoms with Crippen molar-refractivity contribution in [2.45, 2.75) is 6.92 Å². The first-order valence-electron chi connectivity index (χ1n) is 6.42. The van der Waals surface area contributed by atoms with Gasteiger partial charge in [-0.15, -0.1) is 0 Å². The number of allylic oxidation sites excluding steroid dienone is 2. The molecule has 0 aromatic heterocycles. The van der Waals surface area contributed by atoms with Crippen molar-refractivity contribution in [3.8, 4) is 0 Å². The predicted octanol–water partition coefficient (Wildman–Crippen LogP) is 5.36. The van der Waals surface area contributed by atoms with Crippen LogP contribution in [0.4, 0.5) is 0 Å². The Morgan fingerprint density at radius 2 is 1.63 bits per heavy atom. The van der Waals surface area contributed by atoms with E-state index in [-0.39, 0.29) is 0 Å². The zero-order valence-electron chi connectivity index (χ0n) is 11.2. The Bertz CT molecular complexity index is 601. The number of hydrogen-bond donors (Lipinski definition) is 0. The first-order chi connectivity index (χ1) is 9.29. The van der Waals surface area contributed by atoms with Crippen molar-refractivity contribution in [3.63, 3.8) is 0 Å². The molecular weight excluding hydrogens is 228 g/mol. The second kappa shape index (κ2) is 6.55. The number of aryl methyl sites for hydroxylation is 1. The summed E-state index contributed by atoms with van der Waals surface area (Å²) in [6, 6.07) is 16.8. The average molecular weight is 246 g/mol. The van der Waals surface area contributed by atoms with Crippen molar-refractivity contribution in [2.75, 3.05) is 0 Å². The highest BCUT2D eigenvalue weighted by Gasteiger charge is 1.95. The monoisotopic (exact) mass is 246 g/mol. The van der Waals surface area contributed by atoms with Crippen LogP contribution in [0.3, 0.4) is 0 Å². The van der Waals surface area contributed by atoms with E-state index in [4.69, 9.17) is 0 Å². The van der Waals surface area contributed by atoms with Gasteiger partial charge in [-0.3, -0.25) is 0 Å². The smallest absolute Gasteiger partial charge is 0.0221 e. The fourth-order valence-corrected chi connectivity index (χ4v) is 1.87. The van der Waals surface area contributed by atoms with Gasteiger partial charge in [0.25, 0.3) is 0 Å². The Labute approximate surface area is 115 Å². The quantitative estimate of drug-likeness (QED) is 0.503. The standard InChI is InChI=1S/C19H18/c1-3-4-8-18-12-11-16(2)19(15-18)14-13-17-9-6-5-7-10-17/h3-15H,1H2,2H3. The summed E-state index contributed by atoms with van der Waals surface area (Å²) >= 11 is 0. The first kappa shape index (κ1) is 13.1. The minimum atomic E-state index is 1.19. The number of benzene rings is 2. The maximum Gasteiger partial charge on any atom is -0.0221 e. The van der Waals surface area contributed by atoms with Gasteiger partial charge in [-0.05, 0) is 35.2 Å². The molecule has 0 saturated carbocycles. The third-order valence-electron chi connectivity index (χ3n) is 2.98. The van der Waals surface area contributed by atoms with Gasteiger partial charge in [0.1, 0.15) is 0 Å². The second-order valence-corrected chi connectivity index (χ2v) is 4.45. The van der Waals surface area contributed by atoms with Crippen LogP contribution in [-0.4, -0.2) is 0 Å². The van der Waals surface area contributed by atoms with Gasteiger partial charge in [0.05, 0.1) is 0 Å². The van der Waals surface area contributed by atoms with Crippen molar-refractivity contribution < 1.29 is 0 Å². The van der Waals surface area contributed by atoms with Gasteiger partial charge in [0.15, 0.2) is 0 Å². The van der Waals surface area contributed by atoms with Crippen LogP contribution in [-0.2, 0) is 0 Å². The minimum Gasteiger partial charge on any atom is -0.0991 e. The topological polar surface area (TPSA) is 0 Å². The molecule has 0 saturated heterocycles. The van der Waals surface area contributed by atoms with Crippen molar-refractivity contribution in [2.24, 2.45) is 0 Å². The third-order valence-corrected chi connectivity index (χ3v) is 2.98. The molecule has 0 spiro atoms. The van der Waals surface area contributed by atoms with E-state index in [1.54, 1.807) is 6.08 Å². The van der Waals surface area contributed by atoms with Gasteiger partial charge in [0.2, 0.25) is 0 Å². The predicted molar refractivity (Wildman–Crippen MR) is 85.8 cm³/mol. The molecular formula is C19H18. The van der Waals surface area contributed by atoms with E-state index in [0.717, 1.165) is 0 Å². The lowest BCUT2D eigenvalue weighted by Gasteiger charge is -2.02. The lowest BCUT2D eigenvalue weighted by molar-refractivity contribution is 1.43. The highest BCUT2D eigenvalue weighted by molar-refractivity contribution is 5.72. The summed E-state index contributed by atoms with van der Waals surface area (Å²) in [4.78, 5) is 0. The molecule has 0 heteroatoms.